The van der Waals surface area contributed by atoms with Gasteiger partial charge in [0.15, 0.2) is 0 Å². The minimum absolute atomic E-state index is 0.302. The van der Waals surface area contributed by atoms with E-state index in [1.165, 1.54) is 12.8 Å². The first kappa shape index (κ1) is 15.2. The second-order valence-corrected chi connectivity index (χ2v) is 6.37. The van der Waals surface area contributed by atoms with Gasteiger partial charge in [0.1, 0.15) is 11.0 Å². The molecule has 2 rings (SSSR count). The fraction of sp³-hybridized carbons (Fsp3) is 0.615. The Hall–Kier alpha value is -0.220. The summed E-state index contributed by atoms with van der Waals surface area (Å²) in [5.74, 6) is 1.38. The SMILES string of the molecule is CN1CCC(CN(C)c2nc(Cl)c(Cl)cc2Cl)CC1. The number of pyridine rings is 1. The van der Waals surface area contributed by atoms with Gasteiger partial charge in [0, 0.05) is 13.6 Å². The highest BCUT2D eigenvalue weighted by molar-refractivity contribution is 6.42. The molecular weight excluding hydrogens is 305 g/mol. The van der Waals surface area contributed by atoms with Crippen molar-refractivity contribution in [3.63, 3.8) is 0 Å². The van der Waals surface area contributed by atoms with Crippen molar-refractivity contribution in [2.45, 2.75) is 12.8 Å². The van der Waals surface area contributed by atoms with Crippen LogP contribution in [-0.4, -0.2) is 43.6 Å². The lowest BCUT2D eigenvalue weighted by atomic mass is 9.97. The van der Waals surface area contributed by atoms with Crippen LogP contribution in [0.1, 0.15) is 12.8 Å². The molecule has 0 radical (unpaired) electrons. The molecule has 1 saturated heterocycles. The van der Waals surface area contributed by atoms with Gasteiger partial charge in [-0.05, 0) is 45.0 Å². The molecule has 19 heavy (non-hydrogen) atoms. The van der Waals surface area contributed by atoms with E-state index in [1.807, 2.05) is 7.05 Å². The Morgan fingerprint density at radius 2 is 1.89 bits per heavy atom. The number of hydrogen-bond donors (Lipinski definition) is 0. The summed E-state index contributed by atoms with van der Waals surface area (Å²) >= 11 is 18.0. The zero-order valence-corrected chi connectivity index (χ0v) is 13.4. The summed E-state index contributed by atoms with van der Waals surface area (Å²) in [5, 5.41) is 1.24. The summed E-state index contributed by atoms with van der Waals surface area (Å²) < 4.78 is 0. The van der Waals surface area contributed by atoms with Gasteiger partial charge in [-0.25, -0.2) is 4.98 Å². The third-order valence-electron chi connectivity index (χ3n) is 3.60. The zero-order valence-electron chi connectivity index (χ0n) is 11.2. The predicted octanol–water partition coefficient (Wildman–Crippen LogP) is 3.82. The number of likely N-dealkylation sites (tertiary alicyclic amines) is 1. The molecule has 0 spiro atoms. The number of rotatable bonds is 3. The highest BCUT2D eigenvalue weighted by atomic mass is 35.5. The second-order valence-electron chi connectivity index (χ2n) is 5.19. The van der Waals surface area contributed by atoms with E-state index in [4.69, 9.17) is 34.8 Å². The molecule has 1 aliphatic heterocycles. The van der Waals surface area contributed by atoms with Crippen LogP contribution in [-0.2, 0) is 0 Å². The maximum absolute atomic E-state index is 6.18. The molecule has 0 N–H and O–H groups in total. The van der Waals surface area contributed by atoms with Gasteiger partial charge in [0.05, 0.1) is 10.0 Å². The van der Waals surface area contributed by atoms with Crippen LogP contribution in [0.2, 0.25) is 15.2 Å². The molecule has 1 aromatic heterocycles. The molecule has 0 saturated carbocycles. The molecule has 0 amide bonds. The fourth-order valence-corrected chi connectivity index (χ4v) is 3.06. The van der Waals surface area contributed by atoms with Gasteiger partial charge in [-0.15, -0.1) is 0 Å². The van der Waals surface area contributed by atoms with Crippen molar-refractivity contribution in [3.8, 4) is 0 Å². The van der Waals surface area contributed by atoms with E-state index in [0.29, 0.717) is 26.9 Å². The van der Waals surface area contributed by atoms with E-state index >= 15 is 0 Å². The first-order valence-electron chi connectivity index (χ1n) is 6.38. The number of piperidine rings is 1. The topological polar surface area (TPSA) is 19.4 Å². The summed E-state index contributed by atoms with van der Waals surface area (Å²) in [4.78, 5) is 8.70. The fourth-order valence-electron chi connectivity index (χ4n) is 2.42. The number of anilines is 1. The molecule has 0 bridgehead atoms. The number of nitrogens with zero attached hydrogens (tertiary/aromatic N) is 3. The van der Waals surface area contributed by atoms with Crippen molar-refractivity contribution in [1.29, 1.82) is 0 Å². The predicted molar refractivity (Wildman–Crippen MR) is 82.8 cm³/mol. The third-order valence-corrected chi connectivity index (χ3v) is 4.55. The van der Waals surface area contributed by atoms with Crippen molar-refractivity contribution < 1.29 is 0 Å². The number of hydrogen-bond acceptors (Lipinski definition) is 3. The summed E-state index contributed by atoms with van der Waals surface area (Å²) in [6, 6.07) is 1.65. The average Bonchev–Trinajstić information content (AvgIpc) is 2.36. The minimum atomic E-state index is 0.302. The molecule has 0 aromatic carbocycles. The standard InChI is InChI=1S/C13H18Cl3N3/c1-18-5-3-9(4-6-18)8-19(2)13-11(15)7-10(14)12(16)17-13/h7,9H,3-6,8H2,1-2H3. The van der Waals surface area contributed by atoms with Crippen LogP contribution in [0, 0.1) is 5.92 Å². The summed E-state index contributed by atoms with van der Waals surface area (Å²) in [7, 11) is 4.16. The van der Waals surface area contributed by atoms with Crippen LogP contribution in [0.5, 0.6) is 0 Å². The Morgan fingerprint density at radius 1 is 1.26 bits per heavy atom. The summed E-state index contributed by atoms with van der Waals surface area (Å²) in [6.45, 7) is 3.25. The van der Waals surface area contributed by atoms with E-state index in [9.17, 15) is 0 Å². The van der Waals surface area contributed by atoms with Crippen molar-refractivity contribution in [2.75, 3.05) is 38.6 Å². The maximum atomic E-state index is 6.18. The van der Waals surface area contributed by atoms with Crippen molar-refractivity contribution in [2.24, 2.45) is 5.92 Å². The highest BCUT2D eigenvalue weighted by Crippen LogP contribution is 2.31. The van der Waals surface area contributed by atoms with Crippen LogP contribution in [0.25, 0.3) is 0 Å². The second kappa shape index (κ2) is 6.49. The van der Waals surface area contributed by atoms with Crippen molar-refractivity contribution in [1.82, 2.24) is 9.88 Å². The molecule has 0 atom stereocenters. The van der Waals surface area contributed by atoms with Crippen molar-refractivity contribution in [3.05, 3.63) is 21.3 Å². The van der Waals surface area contributed by atoms with Crippen LogP contribution in [0.15, 0.2) is 6.07 Å². The smallest absolute Gasteiger partial charge is 0.150 e. The van der Waals surface area contributed by atoms with E-state index in [2.05, 4.69) is 21.8 Å². The molecule has 2 heterocycles. The van der Waals surface area contributed by atoms with E-state index in [-0.39, 0.29) is 0 Å². The zero-order chi connectivity index (χ0) is 14.0. The van der Waals surface area contributed by atoms with Crippen LogP contribution >= 0.6 is 34.8 Å². The van der Waals surface area contributed by atoms with Gasteiger partial charge in [-0.1, -0.05) is 34.8 Å². The molecule has 1 aliphatic rings. The summed E-state index contributed by atoms with van der Waals surface area (Å²) in [5.41, 5.74) is 0. The first-order chi connectivity index (χ1) is 8.97. The lowest BCUT2D eigenvalue weighted by molar-refractivity contribution is 0.222. The largest absolute Gasteiger partial charge is 0.358 e. The molecule has 106 valence electrons. The molecule has 0 aliphatic carbocycles. The van der Waals surface area contributed by atoms with Gasteiger partial charge < -0.3 is 9.80 Å². The van der Waals surface area contributed by atoms with Gasteiger partial charge in [-0.2, -0.15) is 0 Å². The van der Waals surface area contributed by atoms with E-state index < -0.39 is 0 Å². The van der Waals surface area contributed by atoms with Gasteiger partial charge in [-0.3, -0.25) is 0 Å². The maximum Gasteiger partial charge on any atom is 0.150 e. The third kappa shape index (κ3) is 3.88. The lowest BCUT2D eigenvalue weighted by Crippen LogP contribution is -2.36. The van der Waals surface area contributed by atoms with E-state index in [0.717, 1.165) is 19.6 Å². The Bertz CT molecular complexity index is 445. The quantitative estimate of drug-likeness (QED) is 0.789. The van der Waals surface area contributed by atoms with Crippen LogP contribution in [0.3, 0.4) is 0 Å². The van der Waals surface area contributed by atoms with Crippen molar-refractivity contribution >= 4 is 40.6 Å². The Balaban J connectivity index is 2.03. The normalized spacial score (nSPS) is 17.7. The minimum Gasteiger partial charge on any atom is -0.358 e. The van der Waals surface area contributed by atoms with Crippen LogP contribution < -0.4 is 4.90 Å². The average molecular weight is 323 g/mol. The van der Waals surface area contributed by atoms with Gasteiger partial charge in [0.25, 0.3) is 0 Å². The Labute approximate surface area is 129 Å². The summed E-state index contributed by atoms with van der Waals surface area (Å²) in [6.07, 6.45) is 2.42. The van der Waals surface area contributed by atoms with Gasteiger partial charge >= 0.3 is 0 Å². The molecular formula is C13H18Cl3N3. The van der Waals surface area contributed by atoms with Gasteiger partial charge in [0.2, 0.25) is 0 Å². The molecule has 1 fully saturated rings. The Kier molecular flexibility index (Phi) is 5.18. The van der Waals surface area contributed by atoms with Crippen LogP contribution in [0.4, 0.5) is 5.82 Å². The molecule has 1 aromatic rings. The van der Waals surface area contributed by atoms with E-state index in [1.54, 1.807) is 6.07 Å². The number of aromatic nitrogens is 1. The monoisotopic (exact) mass is 321 g/mol. The lowest BCUT2D eigenvalue weighted by Gasteiger charge is -2.32. The first-order valence-corrected chi connectivity index (χ1v) is 7.52. The number of halogens is 3. The molecule has 6 heteroatoms. The highest BCUT2D eigenvalue weighted by Gasteiger charge is 2.20. The molecule has 0 unspecified atom stereocenters. The molecule has 3 nitrogen and oxygen atoms in total. The Morgan fingerprint density at radius 3 is 2.53 bits per heavy atom.